The van der Waals surface area contributed by atoms with E-state index < -0.39 is 15.1 Å². The Morgan fingerprint density at radius 1 is 0.889 bits per heavy atom. The van der Waals surface area contributed by atoms with E-state index in [1.807, 2.05) is 36.0 Å². The monoisotopic (exact) mass is 632 g/mol. The Kier molecular flexibility index (Phi) is 8.89. The first-order valence-corrected chi connectivity index (χ1v) is 17.2. The van der Waals surface area contributed by atoms with Gasteiger partial charge in [-0.1, -0.05) is 12.1 Å². The summed E-state index contributed by atoms with van der Waals surface area (Å²) in [6.07, 6.45) is 4.23. The van der Waals surface area contributed by atoms with Gasteiger partial charge in [-0.05, 0) is 64.1 Å². The number of sulfone groups is 1. The van der Waals surface area contributed by atoms with E-state index in [2.05, 4.69) is 44.5 Å². The summed E-state index contributed by atoms with van der Waals surface area (Å²) >= 11 is 0. The second-order valence-electron chi connectivity index (χ2n) is 12.3. The first-order valence-electron chi connectivity index (χ1n) is 15.7. The van der Waals surface area contributed by atoms with E-state index in [-0.39, 0.29) is 4.90 Å². The van der Waals surface area contributed by atoms with Crippen LogP contribution in [0, 0.1) is 0 Å². The molecule has 0 bridgehead atoms. The molecule has 2 aliphatic heterocycles. The molecule has 2 aromatic carbocycles. The number of likely N-dealkylation sites (N-methyl/N-ethyl adjacent to an activating group) is 1. The highest BCUT2D eigenvalue weighted by Crippen LogP contribution is 2.35. The van der Waals surface area contributed by atoms with Crippen molar-refractivity contribution >= 4 is 49.7 Å². The van der Waals surface area contributed by atoms with Crippen LogP contribution in [0.15, 0.2) is 59.6 Å². The van der Waals surface area contributed by atoms with Crippen molar-refractivity contribution in [1.82, 2.24) is 24.3 Å². The SMILES string of the molecule is COc1cc(N2CCC(N3CCN(C)CC3)CC2)ccc1Nc1nc(Nc2ccccc2S(=O)(=O)C(C)C)c2c(ccn2C)n1. The number of aryl methyl sites for hydroxylation is 1. The number of nitrogens with zero attached hydrogens (tertiary/aromatic N) is 6. The van der Waals surface area contributed by atoms with E-state index in [9.17, 15) is 8.42 Å². The number of anilines is 5. The van der Waals surface area contributed by atoms with Gasteiger partial charge in [0.25, 0.3) is 0 Å². The van der Waals surface area contributed by atoms with E-state index in [1.54, 1.807) is 39.2 Å². The van der Waals surface area contributed by atoms with Gasteiger partial charge in [0.15, 0.2) is 15.7 Å². The lowest BCUT2D eigenvalue weighted by Gasteiger charge is -2.42. The molecule has 2 N–H and O–H groups in total. The normalized spacial score (nSPS) is 17.2. The number of aromatic nitrogens is 3. The Balaban J connectivity index is 1.23. The van der Waals surface area contributed by atoms with Crippen molar-refractivity contribution < 1.29 is 13.2 Å². The second-order valence-corrected chi connectivity index (χ2v) is 14.8. The number of hydrogen-bond donors (Lipinski definition) is 2. The average molecular weight is 633 g/mol. The smallest absolute Gasteiger partial charge is 0.229 e. The fourth-order valence-electron chi connectivity index (χ4n) is 6.31. The fourth-order valence-corrected chi connectivity index (χ4v) is 7.51. The van der Waals surface area contributed by atoms with Crippen molar-refractivity contribution in [2.24, 2.45) is 7.05 Å². The van der Waals surface area contributed by atoms with Gasteiger partial charge in [-0.15, -0.1) is 0 Å². The molecule has 4 heterocycles. The highest BCUT2D eigenvalue weighted by atomic mass is 32.2. The van der Waals surface area contributed by atoms with Crippen molar-refractivity contribution in [3.8, 4) is 5.75 Å². The standard InChI is InChI=1S/C33H44N8O3S/c1-23(2)45(42,43)30-9-7-6-8-27(30)34-32-31-28(14-15-39(31)4)36-33(37-32)35-26-11-10-25(22-29(26)44-5)40-16-12-24(13-17-40)41-20-18-38(3)19-21-41/h6-11,14-15,22-24H,12-13,16-21H2,1-5H3,(H2,34,35,36,37). The van der Waals surface area contributed by atoms with Crippen LogP contribution in [0.4, 0.5) is 28.8 Å². The minimum Gasteiger partial charge on any atom is -0.494 e. The molecular formula is C33H44N8O3S. The summed E-state index contributed by atoms with van der Waals surface area (Å²) in [7, 11) is 2.27. The third-order valence-corrected chi connectivity index (χ3v) is 11.3. The Bertz CT molecular complexity index is 1760. The second kappa shape index (κ2) is 12.9. The summed E-state index contributed by atoms with van der Waals surface area (Å²) in [6.45, 7) is 10.0. The molecule has 11 nitrogen and oxygen atoms in total. The predicted molar refractivity (Wildman–Crippen MR) is 181 cm³/mol. The van der Waals surface area contributed by atoms with Crippen LogP contribution >= 0.6 is 0 Å². The molecule has 12 heteroatoms. The number of benzene rings is 2. The predicted octanol–water partition coefficient (Wildman–Crippen LogP) is 4.86. The largest absolute Gasteiger partial charge is 0.494 e. The lowest BCUT2D eigenvalue weighted by molar-refractivity contribution is 0.0982. The summed E-state index contributed by atoms with van der Waals surface area (Å²) in [5, 5.41) is 6.10. The summed E-state index contributed by atoms with van der Waals surface area (Å²) < 4.78 is 34.0. The van der Waals surface area contributed by atoms with E-state index in [0.29, 0.717) is 29.2 Å². The molecule has 0 radical (unpaired) electrons. The average Bonchev–Trinajstić information content (AvgIpc) is 3.42. The molecule has 0 aliphatic carbocycles. The van der Waals surface area contributed by atoms with Crippen LogP contribution in [0.5, 0.6) is 5.75 Å². The van der Waals surface area contributed by atoms with Crippen LogP contribution in [-0.4, -0.2) is 97.5 Å². The third kappa shape index (κ3) is 6.45. The Morgan fingerprint density at radius 2 is 1.62 bits per heavy atom. The molecule has 2 aromatic heterocycles. The fraction of sp³-hybridized carbons (Fsp3) is 0.455. The van der Waals surface area contributed by atoms with Gasteiger partial charge in [0.05, 0.1) is 34.1 Å². The van der Waals surface area contributed by atoms with Crippen LogP contribution in [-0.2, 0) is 16.9 Å². The Labute approximate surface area is 266 Å². The highest BCUT2D eigenvalue weighted by molar-refractivity contribution is 7.92. The maximum absolute atomic E-state index is 13.1. The first kappa shape index (κ1) is 31.1. The summed E-state index contributed by atoms with van der Waals surface area (Å²) in [6, 6.07) is 15.7. The number of ether oxygens (including phenoxy) is 1. The molecule has 0 atom stereocenters. The zero-order chi connectivity index (χ0) is 31.7. The molecule has 0 amide bonds. The zero-order valence-corrected chi connectivity index (χ0v) is 27.6. The first-order chi connectivity index (χ1) is 21.6. The van der Waals surface area contributed by atoms with E-state index in [0.717, 1.165) is 74.5 Å². The van der Waals surface area contributed by atoms with Gasteiger partial charge in [-0.25, -0.2) is 13.4 Å². The highest BCUT2D eigenvalue weighted by Gasteiger charge is 2.27. The van der Waals surface area contributed by atoms with E-state index >= 15 is 0 Å². The minimum absolute atomic E-state index is 0.236. The van der Waals surface area contributed by atoms with E-state index in [4.69, 9.17) is 14.7 Å². The zero-order valence-electron chi connectivity index (χ0n) is 26.8. The summed E-state index contributed by atoms with van der Waals surface area (Å²) in [4.78, 5) is 17.3. The number of methoxy groups -OCH3 is 1. The molecule has 240 valence electrons. The number of rotatable bonds is 9. The van der Waals surface area contributed by atoms with Crippen LogP contribution in [0.25, 0.3) is 11.0 Å². The summed E-state index contributed by atoms with van der Waals surface area (Å²) in [5.74, 6) is 1.58. The lowest BCUT2D eigenvalue weighted by Crippen LogP contribution is -2.52. The molecule has 2 saturated heterocycles. The van der Waals surface area contributed by atoms with Crippen molar-refractivity contribution in [1.29, 1.82) is 0 Å². The molecule has 0 unspecified atom stereocenters. The van der Waals surface area contributed by atoms with Crippen LogP contribution in [0.3, 0.4) is 0 Å². The maximum atomic E-state index is 13.1. The lowest BCUT2D eigenvalue weighted by atomic mass is 10.0. The van der Waals surface area contributed by atoms with Gasteiger partial charge in [0.1, 0.15) is 11.3 Å². The van der Waals surface area contributed by atoms with Crippen LogP contribution in [0.1, 0.15) is 26.7 Å². The van der Waals surface area contributed by atoms with Gasteiger partial charge in [0.2, 0.25) is 5.95 Å². The van der Waals surface area contributed by atoms with Gasteiger partial charge >= 0.3 is 0 Å². The van der Waals surface area contributed by atoms with Gasteiger partial charge in [-0.2, -0.15) is 4.98 Å². The molecule has 2 fully saturated rings. The van der Waals surface area contributed by atoms with Crippen LogP contribution in [0.2, 0.25) is 0 Å². The molecule has 6 rings (SSSR count). The summed E-state index contributed by atoms with van der Waals surface area (Å²) in [5.41, 5.74) is 3.84. The quantitative estimate of drug-likeness (QED) is 0.266. The minimum atomic E-state index is -3.52. The number of piperazine rings is 1. The molecule has 45 heavy (non-hydrogen) atoms. The van der Waals surface area contributed by atoms with Crippen molar-refractivity contribution in [3.63, 3.8) is 0 Å². The Hall–Kier alpha value is -3.87. The number of fused-ring (bicyclic) bond motifs is 1. The third-order valence-electron chi connectivity index (χ3n) is 9.10. The van der Waals surface area contributed by atoms with Crippen molar-refractivity contribution in [3.05, 3.63) is 54.7 Å². The van der Waals surface area contributed by atoms with Crippen LogP contribution < -0.4 is 20.3 Å². The van der Waals surface area contributed by atoms with Crippen molar-refractivity contribution in [2.45, 2.75) is 42.9 Å². The molecule has 0 saturated carbocycles. The van der Waals surface area contributed by atoms with E-state index in [1.165, 1.54) is 0 Å². The van der Waals surface area contributed by atoms with Gasteiger partial charge in [0, 0.05) is 70.3 Å². The molecule has 2 aliphatic rings. The Morgan fingerprint density at radius 3 is 2.33 bits per heavy atom. The molecular weight excluding hydrogens is 588 g/mol. The topological polar surface area (TPSA) is 108 Å². The molecule has 4 aromatic rings. The van der Waals surface area contributed by atoms with Gasteiger partial charge in [-0.3, -0.25) is 4.90 Å². The van der Waals surface area contributed by atoms with Crippen molar-refractivity contribution in [2.75, 3.05) is 69.0 Å². The number of nitrogens with one attached hydrogen (secondary N) is 2. The molecule has 0 spiro atoms. The maximum Gasteiger partial charge on any atom is 0.229 e. The number of piperidine rings is 1. The van der Waals surface area contributed by atoms with Gasteiger partial charge < -0.3 is 29.7 Å². The number of hydrogen-bond acceptors (Lipinski definition) is 10. The number of para-hydroxylation sites is 1.